The Hall–Kier alpha value is -3.32. The van der Waals surface area contributed by atoms with E-state index in [1.807, 2.05) is 18.2 Å². The van der Waals surface area contributed by atoms with E-state index in [1.54, 1.807) is 7.11 Å². The number of carbonyl (C=O) groups is 1. The molecule has 0 aliphatic carbocycles. The molecular formula is C26H33N7O2. The van der Waals surface area contributed by atoms with Crippen molar-refractivity contribution in [3.8, 4) is 5.75 Å². The quantitative estimate of drug-likeness (QED) is 0.409. The Labute approximate surface area is 206 Å². The van der Waals surface area contributed by atoms with Gasteiger partial charge in [-0.2, -0.15) is 0 Å². The van der Waals surface area contributed by atoms with E-state index in [9.17, 15) is 4.79 Å². The molecule has 9 heteroatoms. The summed E-state index contributed by atoms with van der Waals surface area (Å²) in [5.41, 5.74) is 9.00. The number of ether oxygens (including phenoxy) is 1. The lowest BCUT2D eigenvalue weighted by Gasteiger charge is -2.46. The lowest BCUT2D eigenvalue weighted by molar-refractivity contribution is -0.131. The van der Waals surface area contributed by atoms with Gasteiger partial charge < -0.3 is 19.8 Å². The molecule has 3 aliphatic heterocycles. The first-order valence-electron chi connectivity index (χ1n) is 12.3. The van der Waals surface area contributed by atoms with Crippen molar-refractivity contribution in [2.24, 2.45) is 11.8 Å². The van der Waals surface area contributed by atoms with Gasteiger partial charge in [0.25, 0.3) is 0 Å². The highest BCUT2D eigenvalue weighted by Crippen LogP contribution is 2.29. The molecule has 4 unspecified atom stereocenters. The average molecular weight is 476 g/mol. The first-order valence-corrected chi connectivity index (χ1v) is 12.3. The predicted octanol–water partition coefficient (Wildman–Crippen LogP) is 2.08. The summed E-state index contributed by atoms with van der Waals surface area (Å²) in [7, 11) is 1.66. The van der Waals surface area contributed by atoms with Crippen LogP contribution in [-0.2, 0) is 4.79 Å². The maximum Gasteiger partial charge on any atom is 0.242 e. The van der Waals surface area contributed by atoms with E-state index in [0.717, 1.165) is 42.9 Å². The second kappa shape index (κ2) is 10.5. The normalized spacial score (nSPS) is 26.9. The van der Waals surface area contributed by atoms with Crippen molar-refractivity contribution in [1.82, 2.24) is 21.5 Å². The summed E-state index contributed by atoms with van der Waals surface area (Å²) in [6, 6.07) is 16.4. The Morgan fingerprint density at radius 1 is 1.14 bits per heavy atom. The lowest BCUT2D eigenvalue weighted by Crippen LogP contribution is -2.71. The Kier molecular flexibility index (Phi) is 7.04. The van der Waals surface area contributed by atoms with E-state index in [4.69, 9.17) is 11.3 Å². The molecule has 2 aromatic carbocycles. The fraction of sp³-hybridized carbons (Fsp3) is 0.462. The molecule has 0 radical (unpaired) electrons. The van der Waals surface area contributed by atoms with Gasteiger partial charge in [-0.1, -0.05) is 12.1 Å². The molecule has 5 N–H and O–H groups in total. The highest BCUT2D eigenvalue weighted by Gasteiger charge is 2.44. The monoisotopic (exact) mass is 475 g/mol. The van der Waals surface area contributed by atoms with Crippen LogP contribution in [0.15, 0.2) is 48.5 Å². The summed E-state index contributed by atoms with van der Waals surface area (Å²) in [4.78, 5) is 18.7. The molecule has 3 heterocycles. The predicted molar refractivity (Wildman–Crippen MR) is 136 cm³/mol. The molecule has 35 heavy (non-hydrogen) atoms. The molecule has 4 atom stereocenters. The zero-order chi connectivity index (χ0) is 24.2. The Balaban J connectivity index is 1.29. The second-order valence-electron chi connectivity index (χ2n) is 9.49. The number of nitrogens with zero attached hydrogens (tertiary/aromatic N) is 2. The number of nitrogens with one attached hydrogen (secondary N) is 5. The van der Waals surface area contributed by atoms with Crippen molar-refractivity contribution < 1.29 is 9.53 Å². The van der Waals surface area contributed by atoms with Crippen molar-refractivity contribution in [3.05, 3.63) is 65.5 Å². The van der Waals surface area contributed by atoms with Crippen LogP contribution in [0.4, 0.5) is 11.4 Å². The number of amides is 1. The van der Waals surface area contributed by atoms with Gasteiger partial charge in [0.15, 0.2) is 0 Å². The first kappa shape index (κ1) is 23.4. The van der Waals surface area contributed by atoms with Crippen molar-refractivity contribution in [2.45, 2.75) is 31.2 Å². The van der Waals surface area contributed by atoms with Crippen LogP contribution in [-0.4, -0.2) is 51.4 Å². The maximum atomic E-state index is 12.8. The molecule has 3 aliphatic rings. The van der Waals surface area contributed by atoms with Crippen LogP contribution in [0.25, 0.3) is 4.85 Å². The number of hydrogen-bond donors (Lipinski definition) is 5. The van der Waals surface area contributed by atoms with Gasteiger partial charge in [-0.15, -0.1) is 0 Å². The number of rotatable bonds is 6. The molecule has 2 aromatic rings. The second-order valence-corrected chi connectivity index (χ2v) is 9.49. The third-order valence-corrected chi connectivity index (χ3v) is 7.30. The summed E-state index contributed by atoms with van der Waals surface area (Å²) in [6.07, 6.45) is 1.75. The van der Waals surface area contributed by atoms with Gasteiger partial charge >= 0.3 is 0 Å². The van der Waals surface area contributed by atoms with Gasteiger partial charge in [0.1, 0.15) is 5.75 Å². The van der Waals surface area contributed by atoms with Crippen molar-refractivity contribution in [2.75, 3.05) is 43.5 Å². The fourth-order valence-corrected chi connectivity index (χ4v) is 5.33. The molecule has 0 spiro atoms. The van der Waals surface area contributed by atoms with E-state index in [-0.39, 0.29) is 30.2 Å². The highest BCUT2D eigenvalue weighted by atomic mass is 16.5. The molecule has 0 bridgehead atoms. The molecule has 0 aromatic heterocycles. The Morgan fingerprint density at radius 2 is 1.94 bits per heavy atom. The van der Waals surface area contributed by atoms with Crippen LogP contribution >= 0.6 is 0 Å². The van der Waals surface area contributed by atoms with Crippen LogP contribution in [0.3, 0.4) is 0 Å². The molecular weight excluding hydrogens is 442 g/mol. The minimum absolute atomic E-state index is 0.0327. The third-order valence-electron chi connectivity index (χ3n) is 7.30. The van der Waals surface area contributed by atoms with E-state index in [0.29, 0.717) is 19.0 Å². The average Bonchev–Trinajstić information content (AvgIpc) is 2.90. The summed E-state index contributed by atoms with van der Waals surface area (Å²) < 4.78 is 5.41. The number of benzene rings is 2. The van der Waals surface area contributed by atoms with E-state index >= 15 is 0 Å². The Morgan fingerprint density at radius 3 is 2.69 bits per heavy atom. The topological polar surface area (TPSA) is 94.1 Å². The number of carbonyl (C=O) groups excluding carboxylic acids is 1. The van der Waals surface area contributed by atoms with Gasteiger partial charge in [-0.25, -0.2) is 12.0 Å². The maximum absolute atomic E-state index is 12.8. The van der Waals surface area contributed by atoms with Gasteiger partial charge in [0.05, 0.1) is 25.4 Å². The van der Waals surface area contributed by atoms with Gasteiger partial charge in [-0.05, 0) is 54.8 Å². The van der Waals surface area contributed by atoms with Crippen LogP contribution in [0.5, 0.6) is 5.75 Å². The molecule has 9 nitrogen and oxygen atoms in total. The van der Waals surface area contributed by atoms with Crippen molar-refractivity contribution in [1.29, 1.82) is 0 Å². The van der Waals surface area contributed by atoms with Crippen LogP contribution < -0.4 is 36.4 Å². The largest absolute Gasteiger partial charge is 0.497 e. The zero-order valence-corrected chi connectivity index (χ0v) is 20.0. The number of fused-ring (bicyclic) bond motifs is 1. The summed E-state index contributed by atoms with van der Waals surface area (Å²) in [5.74, 6) is 1.00. The molecule has 0 saturated carbocycles. The van der Waals surface area contributed by atoms with Gasteiger partial charge in [-0.3, -0.25) is 20.9 Å². The highest BCUT2D eigenvalue weighted by molar-refractivity contribution is 5.81. The van der Waals surface area contributed by atoms with Crippen LogP contribution in [0.2, 0.25) is 0 Å². The van der Waals surface area contributed by atoms with Gasteiger partial charge in [0, 0.05) is 43.0 Å². The number of hydrogen-bond acceptors (Lipinski definition) is 7. The van der Waals surface area contributed by atoms with Crippen LogP contribution in [0, 0.1) is 18.4 Å². The molecule has 3 fully saturated rings. The lowest BCUT2D eigenvalue weighted by atomic mass is 9.89. The molecule has 1 amide bonds. The zero-order valence-electron chi connectivity index (χ0n) is 20.0. The fourth-order valence-electron chi connectivity index (χ4n) is 5.33. The minimum Gasteiger partial charge on any atom is -0.497 e. The summed E-state index contributed by atoms with van der Waals surface area (Å²) in [6.45, 7) is 10.3. The van der Waals surface area contributed by atoms with Crippen LogP contribution in [0.1, 0.15) is 24.6 Å². The van der Waals surface area contributed by atoms with Crippen molar-refractivity contribution >= 4 is 17.3 Å². The Bertz CT molecular complexity index is 1060. The smallest absolute Gasteiger partial charge is 0.242 e. The van der Waals surface area contributed by atoms with E-state index in [2.05, 4.69) is 66.9 Å². The van der Waals surface area contributed by atoms with Crippen molar-refractivity contribution in [3.63, 3.8) is 0 Å². The standard InChI is InChI=1S/C26H33N7O2/c1-27-15-17-10-12-33(13-11-17)20-8-6-19(7-9-20)29-25-23-22(16-28-32-26(23)34)30-24(31-25)18-4-3-5-21(14-18)35-2/h3-9,14,17,22-25,28-31H,10-13,15-16H2,2H3,(H,32,34). The van der Waals surface area contributed by atoms with E-state index in [1.165, 1.54) is 5.69 Å². The summed E-state index contributed by atoms with van der Waals surface area (Å²) >= 11 is 0. The van der Waals surface area contributed by atoms with E-state index < -0.39 is 0 Å². The number of anilines is 2. The minimum atomic E-state index is -0.278. The molecule has 184 valence electrons. The number of hydrazine groups is 1. The number of methoxy groups -OCH3 is 1. The summed E-state index contributed by atoms with van der Waals surface area (Å²) in [5, 5.41) is 10.7. The third kappa shape index (κ3) is 5.20. The first-order chi connectivity index (χ1) is 17.1. The van der Waals surface area contributed by atoms with Gasteiger partial charge in [0.2, 0.25) is 12.5 Å². The SMILES string of the molecule is [C-]#[N+]CC1CCN(c2ccc(NC3NC(c4cccc(OC)c4)NC4CNNC(=O)C43)cc2)CC1. The molecule has 3 saturated heterocycles. The number of piperidine rings is 1. The molecule has 5 rings (SSSR count).